The Balaban J connectivity index is 2.72. The molecule has 12 heavy (non-hydrogen) atoms. The molecule has 0 aromatic carbocycles. The molecule has 0 amide bonds. The van der Waals surface area contributed by atoms with E-state index in [2.05, 4.69) is 27.7 Å². The van der Waals surface area contributed by atoms with Crippen LogP contribution in [0.15, 0.2) is 0 Å². The quantitative estimate of drug-likeness (QED) is 0.570. The van der Waals surface area contributed by atoms with E-state index in [1.807, 2.05) is 0 Å². The Morgan fingerprint density at radius 3 is 2.25 bits per heavy atom. The van der Waals surface area contributed by atoms with Gasteiger partial charge in [-0.25, -0.2) is 0 Å². The zero-order chi connectivity index (χ0) is 9.35. The molecule has 1 fully saturated rings. The Morgan fingerprint density at radius 2 is 2.00 bits per heavy atom. The van der Waals surface area contributed by atoms with Crippen molar-refractivity contribution in [2.45, 2.75) is 40.5 Å². The molecular weight excluding hydrogens is 148 g/mol. The summed E-state index contributed by atoms with van der Waals surface area (Å²) in [5, 5.41) is 7.47. The lowest BCUT2D eigenvalue weighted by atomic mass is 9.77. The summed E-state index contributed by atoms with van der Waals surface area (Å²) in [4.78, 5) is 0. The van der Waals surface area contributed by atoms with Gasteiger partial charge in [-0.2, -0.15) is 0 Å². The molecule has 1 aliphatic carbocycles. The van der Waals surface area contributed by atoms with E-state index in [9.17, 15) is 0 Å². The average molecular weight is 171 g/mol. The molecule has 0 radical (unpaired) electrons. The smallest absolute Gasteiger partial charge is 0.146 e. The molecule has 0 aromatic heterocycles. The molecule has 72 valence electrons. The lowest BCUT2D eigenvalue weighted by molar-refractivity contribution is 0.191. The average Bonchev–Trinajstić information content (AvgIpc) is 2.31. The van der Waals surface area contributed by atoms with Crippen molar-refractivity contribution in [2.75, 3.05) is 6.61 Å². The van der Waals surface area contributed by atoms with Crippen LogP contribution in [-0.2, 0) is 0 Å². The van der Waals surface area contributed by atoms with Gasteiger partial charge in [0.15, 0.2) is 0 Å². The van der Waals surface area contributed by atoms with E-state index in [4.69, 9.17) is 5.11 Å². The molecule has 0 unspecified atom stereocenters. The van der Waals surface area contributed by atoms with Crippen LogP contribution < -0.4 is 0 Å². The summed E-state index contributed by atoms with van der Waals surface area (Å²) in [6.45, 7) is 10.00. The Morgan fingerprint density at radius 1 is 1.42 bits per heavy atom. The second kappa shape index (κ2) is 3.37. The molecule has 1 nitrogen and oxygen atoms in total. The van der Waals surface area contributed by atoms with Crippen molar-refractivity contribution < 1.29 is 5.11 Å². The minimum atomic E-state index is 0.519. The highest BCUT2D eigenvalue weighted by molar-refractivity contribution is 4.93. The zero-order valence-corrected chi connectivity index (χ0v) is 8.85. The van der Waals surface area contributed by atoms with E-state index in [1.165, 1.54) is 12.8 Å². The molecule has 0 bridgehead atoms. The van der Waals surface area contributed by atoms with Gasteiger partial charge in [0.25, 0.3) is 0 Å². The Kier molecular flexibility index (Phi) is 2.82. The van der Waals surface area contributed by atoms with Gasteiger partial charge >= 0.3 is 0 Å². The summed E-state index contributed by atoms with van der Waals surface area (Å²) in [5.74, 6) is 2.22. The van der Waals surface area contributed by atoms with Crippen LogP contribution in [0.3, 0.4) is 0 Å². The molecular formula is C11H23O+. The van der Waals surface area contributed by atoms with E-state index in [0.29, 0.717) is 17.9 Å². The fourth-order valence-corrected chi connectivity index (χ4v) is 2.74. The van der Waals surface area contributed by atoms with Crippen LogP contribution in [0, 0.1) is 23.2 Å². The lowest BCUT2D eigenvalue weighted by Crippen LogP contribution is -2.20. The monoisotopic (exact) mass is 171 g/mol. The fourth-order valence-electron chi connectivity index (χ4n) is 2.74. The molecule has 1 saturated carbocycles. The van der Waals surface area contributed by atoms with Gasteiger partial charge in [0.1, 0.15) is 6.61 Å². The Bertz CT molecular complexity index is 155. The van der Waals surface area contributed by atoms with Gasteiger partial charge in [-0.05, 0) is 23.7 Å². The van der Waals surface area contributed by atoms with Crippen molar-refractivity contribution >= 4 is 0 Å². The van der Waals surface area contributed by atoms with Crippen LogP contribution in [0.2, 0.25) is 0 Å². The van der Waals surface area contributed by atoms with Crippen molar-refractivity contribution in [1.29, 1.82) is 0 Å². The molecule has 0 saturated heterocycles. The van der Waals surface area contributed by atoms with Crippen LogP contribution in [-0.4, -0.2) is 11.7 Å². The first-order valence-corrected chi connectivity index (χ1v) is 5.19. The maximum absolute atomic E-state index is 7.47. The molecule has 0 heterocycles. The van der Waals surface area contributed by atoms with E-state index in [-0.39, 0.29) is 0 Å². The SMILES string of the molecule is CC[C@@]1(C)C[C@H](C[OH2+])[C@@H](C)[C@@H]1C. The predicted molar refractivity (Wildman–Crippen MR) is 53.3 cm³/mol. The molecule has 2 N–H and O–H groups in total. The summed E-state index contributed by atoms with van der Waals surface area (Å²) in [5.41, 5.74) is 0.519. The van der Waals surface area contributed by atoms with E-state index in [0.717, 1.165) is 11.8 Å². The van der Waals surface area contributed by atoms with Gasteiger partial charge in [-0.15, -0.1) is 0 Å². The fraction of sp³-hybridized carbons (Fsp3) is 1.00. The number of rotatable bonds is 2. The van der Waals surface area contributed by atoms with Crippen molar-refractivity contribution in [2.24, 2.45) is 23.2 Å². The molecule has 1 aliphatic rings. The van der Waals surface area contributed by atoms with E-state index < -0.39 is 0 Å². The number of hydrogen-bond donors (Lipinski definition) is 0. The summed E-state index contributed by atoms with van der Waals surface area (Å²) in [6, 6.07) is 0. The first kappa shape index (κ1) is 10.0. The van der Waals surface area contributed by atoms with Crippen molar-refractivity contribution in [3.8, 4) is 0 Å². The number of hydrogen-bond acceptors (Lipinski definition) is 0. The molecule has 1 rings (SSSR count). The molecule has 0 aliphatic heterocycles. The highest BCUT2D eigenvalue weighted by atomic mass is 16.3. The van der Waals surface area contributed by atoms with Gasteiger partial charge in [0.05, 0.1) is 0 Å². The largest absolute Gasteiger partial charge is 0.445 e. The van der Waals surface area contributed by atoms with Crippen LogP contribution in [0.25, 0.3) is 0 Å². The predicted octanol–water partition coefficient (Wildman–Crippen LogP) is 2.42. The highest BCUT2D eigenvalue weighted by Crippen LogP contribution is 2.51. The second-order valence-electron chi connectivity index (χ2n) is 4.82. The summed E-state index contributed by atoms with van der Waals surface area (Å²) >= 11 is 0. The summed E-state index contributed by atoms with van der Waals surface area (Å²) < 4.78 is 0. The van der Waals surface area contributed by atoms with Crippen LogP contribution in [0.1, 0.15) is 40.5 Å². The third-order valence-corrected chi connectivity index (χ3v) is 4.43. The van der Waals surface area contributed by atoms with Gasteiger partial charge < -0.3 is 5.11 Å². The summed E-state index contributed by atoms with van der Waals surface area (Å²) in [7, 11) is 0. The van der Waals surface area contributed by atoms with E-state index in [1.54, 1.807) is 0 Å². The van der Waals surface area contributed by atoms with Gasteiger partial charge in [0, 0.05) is 5.92 Å². The first-order chi connectivity index (χ1) is 5.55. The minimum Gasteiger partial charge on any atom is -0.445 e. The minimum absolute atomic E-state index is 0.519. The zero-order valence-electron chi connectivity index (χ0n) is 8.85. The van der Waals surface area contributed by atoms with Crippen molar-refractivity contribution in [3.05, 3.63) is 0 Å². The van der Waals surface area contributed by atoms with Gasteiger partial charge in [-0.1, -0.05) is 34.1 Å². The third-order valence-electron chi connectivity index (χ3n) is 4.43. The van der Waals surface area contributed by atoms with Crippen LogP contribution >= 0.6 is 0 Å². The maximum Gasteiger partial charge on any atom is 0.146 e. The van der Waals surface area contributed by atoms with Crippen molar-refractivity contribution in [3.63, 3.8) is 0 Å². The van der Waals surface area contributed by atoms with Gasteiger partial charge in [-0.3, -0.25) is 0 Å². The molecule has 1 heteroatoms. The normalized spacial score (nSPS) is 48.2. The molecule has 0 spiro atoms. The van der Waals surface area contributed by atoms with Crippen molar-refractivity contribution in [1.82, 2.24) is 0 Å². The standard InChI is InChI=1S/C11H22O/c1-5-11(4)6-10(7-12)8(2)9(11)3/h8-10,12H,5-7H2,1-4H3/p+1/t8-,9-,10+,11-/m0/s1. The molecule has 4 atom stereocenters. The van der Waals surface area contributed by atoms with Crippen LogP contribution in [0.4, 0.5) is 0 Å². The van der Waals surface area contributed by atoms with Gasteiger partial charge in [0.2, 0.25) is 0 Å². The first-order valence-electron chi connectivity index (χ1n) is 5.19. The highest BCUT2D eigenvalue weighted by Gasteiger charge is 2.45. The lowest BCUT2D eigenvalue weighted by Gasteiger charge is -2.28. The topological polar surface area (TPSA) is 22.9 Å². The molecule has 0 aromatic rings. The second-order valence-corrected chi connectivity index (χ2v) is 4.82. The van der Waals surface area contributed by atoms with E-state index >= 15 is 0 Å². The third kappa shape index (κ3) is 1.39. The maximum atomic E-state index is 7.47. The Labute approximate surface area is 76.2 Å². The van der Waals surface area contributed by atoms with Crippen LogP contribution in [0.5, 0.6) is 0 Å². The Hall–Kier alpha value is -0.0400. The summed E-state index contributed by atoms with van der Waals surface area (Å²) in [6.07, 6.45) is 2.55.